The maximum Gasteiger partial charge on any atom is 0.0900 e. The molecule has 2 rings (SSSR count). The first-order valence-corrected chi connectivity index (χ1v) is 9.08. The van der Waals surface area contributed by atoms with Crippen molar-refractivity contribution in [1.82, 2.24) is 4.90 Å². The second-order valence-corrected chi connectivity index (χ2v) is 7.71. The van der Waals surface area contributed by atoms with Crippen molar-refractivity contribution in [3.63, 3.8) is 0 Å². The molecule has 0 aromatic carbocycles. The van der Waals surface area contributed by atoms with Crippen LogP contribution >= 0.6 is 0 Å². The predicted octanol–water partition coefficient (Wildman–Crippen LogP) is 3.31. The molecule has 0 aromatic rings. The molecular formula is C18H35NO2. The zero-order chi connectivity index (χ0) is 15.2. The minimum absolute atomic E-state index is 0.326. The van der Waals surface area contributed by atoms with Crippen LogP contribution in [0.3, 0.4) is 0 Å². The molecule has 1 heterocycles. The second kappa shape index (κ2) is 8.50. The van der Waals surface area contributed by atoms with Gasteiger partial charge in [-0.1, -0.05) is 33.6 Å². The molecular weight excluding hydrogens is 262 g/mol. The summed E-state index contributed by atoms with van der Waals surface area (Å²) in [6.45, 7) is 10.5. The Bertz CT molecular complexity index is 289. The average molecular weight is 297 g/mol. The molecule has 1 aliphatic carbocycles. The summed E-state index contributed by atoms with van der Waals surface area (Å²) in [4.78, 5) is 2.39. The van der Waals surface area contributed by atoms with E-state index in [2.05, 4.69) is 25.7 Å². The molecule has 3 unspecified atom stereocenters. The van der Waals surface area contributed by atoms with Gasteiger partial charge in [-0.3, -0.25) is 0 Å². The van der Waals surface area contributed by atoms with Crippen LogP contribution in [0.2, 0.25) is 0 Å². The van der Waals surface area contributed by atoms with E-state index >= 15 is 0 Å². The van der Waals surface area contributed by atoms with Crippen LogP contribution < -0.4 is 0 Å². The van der Waals surface area contributed by atoms with Crippen LogP contribution in [0.5, 0.6) is 0 Å². The van der Waals surface area contributed by atoms with E-state index < -0.39 is 0 Å². The average Bonchev–Trinajstić information content (AvgIpc) is 2.46. The lowest BCUT2D eigenvalue weighted by Crippen LogP contribution is -2.40. The molecule has 0 bridgehead atoms. The smallest absolute Gasteiger partial charge is 0.0900 e. The normalized spacial score (nSPS) is 33.3. The molecule has 3 nitrogen and oxygen atoms in total. The molecule has 4 atom stereocenters. The van der Waals surface area contributed by atoms with E-state index in [0.29, 0.717) is 24.5 Å². The summed E-state index contributed by atoms with van der Waals surface area (Å²) in [7, 11) is 0. The molecule has 1 aliphatic heterocycles. The highest BCUT2D eigenvalue weighted by molar-refractivity contribution is 4.82. The van der Waals surface area contributed by atoms with Crippen LogP contribution in [0.25, 0.3) is 0 Å². The van der Waals surface area contributed by atoms with E-state index in [0.717, 1.165) is 25.6 Å². The third-order valence-corrected chi connectivity index (χ3v) is 5.38. The van der Waals surface area contributed by atoms with E-state index in [1.165, 1.54) is 38.5 Å². The number of piperidine rings is 1. The molecule has 0 amide bonds. The highest BCUT2D eigenvalue weighted by Gasteiger charge is 2.31. The molecule has 0 aromatic heterocycles. The molecule has 21 heavy (non-hydrogen) atoms. The molecule has 3 heteroatoms. The molecule has 2 fully saturated rings. The Balaban J connectivity index is 1.73. The van der Waals surface area contributed by atoms with Crippen LogP contribution in [0.15, 0.2) is 0 Å². The zero-order valence-corrected chi connectivity index (χ0v) is 14.3. The highest BCUT2D eigenvalue weighted by atomic mass is 16.5. The first-order valence-electron chi connectivity index (χ1n) is 9.08. The standard InChI is InChI=1S/C18H35NO2/c1-14(2)17-8-7-15(3)11-18(17)21-13-16(20)12-19-9-5-4-6-10-19/h14-18,20H,4-13H2,1-3H3/t15?,16?,17-,18?/m1/s1. The molecule has 124 valence electrons. The topological polar surface area (TPSA) is 32.7 Å². The van der Waals surface area contributed by atoms with E-state index in [9.17, 15) is 5.11 Å². The number of aliphatic hydroxyl groups is 1. The summed E-state index contributed by atoms with van der Waals surface area (Å²) in [5, 5.41) is 10.3. The lowest BCUT2D eigenvalue weighted by atomic mass is 9.75. The first-order chi connectivity index (χ1) is 10.1. The van der Waals surface area contributed by atoms with Crippen molar-refractivity contribution in [3.8, 4) is 0 Å². The largest absolute Gasteiger partial charge is 0.389 e. The van der Waals surface area contributed by atoms with Gasteiger partial charge in [0.25, 0.3) is 0 Å². The van der Waals surface area contributed by atoms with Crippen LogP contribution in [-0.2, 0) is 4.74 Å². The summed E-state index contributed by atoms with van der Waals surface area (Å²) in [5.41, 5.74) is 0. The number of rotatable bonds is 6. The van der Waals surface area contributed by atoms with Crippen molar-refractivity contribution in [1.29, 1.82) is 0 Å². The highest BCUT2D eigenvalue weighted by Crippen LogP contribution is 2.35. The lowest BCUT2D eigenvalue weighted by Gasteiger charge is -2.38. The van der Waals surface area contributed by atoms with Gasteiger partial charge in [-0.25, -0.2) is 0 Å². The van der Waals surface area contributed by atoms with E-state index in [4.69, 9.17) is 4.74 Å². The number of likely N-dealkylation sites (tertiary alicyclic amines) is 1. The van der Waals surface area contributed by atoms with Gasteiger partial charge in [-0.2, -0.15) is 0 Å². The Labute approximate surface area is 131 Å². The number of aliphatic hydroxyl groups excluding tert-OH is 1. The molecule has 1 saturated heterocycles. The molecule has 0 spiro atoms. The second-order valence-electron chi connectivity index (χ2n) is 7.71. The van der Waals surface area contributed by atoms with Crippen LogP contribution in [0.1, 0.15) is 59.3 Å². The monoisotopic (exact) mass is 297 g/mol. The SMILES string of the molecule is CC1CC[C@H](C(C)C)C(OCC(O)CN2CCCCC2)C1. The fraction of sp³-hybridized carbons (Fsp3) is 1.00. The van der Waals surface area contributed by atoms with Crippen molar-refractivity contribution in [2.75, 3.05) is 26.2 Å². The van der Waals surface area contributed by atoms with Gasteiger partial charge in [-0.15, -0.1) is 0 Å². The Morgan fingerprint density at radius 3 is 2.52 bits per heavy atom. The van der Waals surface area contributed by atoms with Gasteiger partial charge in [0.15, 0.2) is 0 Å². The zero-order valence-electron chi connectivity index (χ0n) is 14.3. The first kappa shape index (κ1) is 17.2. The maximum atomic E-state index is 10.3. The number of ether oxygens (including phenoxy) is 1. The Kier molecular flexibility index (Phi) is 6.97. The number of hydrogen-bond donors (Lipinski definition) is 1. The third-order valence-electron chi connectivity index (χ3n) is 5.38. The summed E-state index contributed by atoms with van der Waals surface area (Å²) in [6.07, 6.45) is 7.72. The Morgan fingerprint density at radius 2 is 1.86 bits per heavy atom. The van der Waals surface area contributed by atoms with Gasteiger partial charge in [0.05, 0.1) is 18.8 Å². The van der Waals surface area contributed by atoms with Crippen molar-refractivity contribution in [2.45, 2.75) is 71.5 Å². The summed E-state index contributed by atoms with van der Waals surface area (Å²) >= 11 is 0. The quantitative estimate of drug-likeness (QED) is 0.816. The lowest BCUT2D eigenvalue weighted by molar-refractivity contribution is -0.0744. The third kappa shape index (κ3) is 5.54. The summed E-state index contributed by atoms with van der Waals surface area (Å²) < 4.78 is 6.15. The molecule has 0 radical (unpaired) electrons. The van der Waals surface area contributed by atoms with Crippen LogP contribution in [0.4, 0.5) is 0 Å². The van der Waals surface area contributed by atoms with Gasteiger partial charge < -0.3 is 14.7 Å². The van der Waals surface area contributed by atoms with Gasteiger partial charge in [0, 0.05) is 6.54 Å². The molecule has 1 N–H and O–H groups in total. The fourth-order valence-electron chi connectivity index (χ4n) is 4.03. The van der Waals surface area contributed by atoms with E-state index in [1.807, 2.05) is 0 Å². The van der Waals surface area contributed by atoms with Crippen LogP contribution in [-0.4, -0.2) is 48.5 Å². The van der Waals surface area contributed by atoms with Gasteiger partial charge in [0.2, 0.25) is 0 Å². The molecule has 2 aliphatic rings. The summed E-state index contributed by atoms with van der Waals surface area (Å²) in [5.74, 6) is 2.12. The Hall–Kier alpha value is -0.120. The van der Waals surface area contributed by atoms with Gasteiger partial charge >= 0.3 is 0 Å². The van der Waals surface area contributed by atoms with Crippen LogP contribution in [0, 0.1) is 17.8 Å². The minimum Gasteiger partial charge on any atom is -0.389 e. The van der Waals surface area contributed by atoms with Gasteiger partial charge in [-0.05, 0) is 56.5 Å². The van der Waals surface area contributed by atoms with Crippen molar-refractivity contribution >= 4 is 0 Å². The predicted molar refractivity (Wildman–Crippen MR) is 87.4 cm³/mol. The van der Waals surface area contributed by atoms with E-state index in [-0.39, 0.29) is 6.10 Å². The minimum atomic E-state index is -0.326. The maximum absolute atomic E-state index is 10.3. The van der Waals surface area contributed by atoms with E-state index in [1.54, 1.807) is 0 Å². The van der Waals surface area contributed by atoms with Crippen molar-refractivity contribution in [3.05, 3.63) is 0 Å². The van der Waals surface area contributed by atoms with Gasteiger partial charge in [0.1, 0.15) is 0 Å². The number of nitrogens with zero attached hydrogens (tertiary/aromatic N) is 1. The number of hydrogen-bond acceptors (Lipinski definition) is 3. The number of β-amino-alcohol motifs (C(OH)–C–C–N with tert-alkyl or cyclic N) is 1. The molecule has 1 saturated carbocycles. The van der Waals surface area contributed by atoms with Crippen molar-refractivity contribution < 1.29 is 9.84 Å². The van der Waals surface area contributed by atoms with Crippen molar-refractivity contribution in [2.24, 2.45) is 17.8 Å². The summed E-state index contributed by atoms with van der Waals surface area (Å²) in [6, 6.07) is 0. The Morgan fingerprint density at radius 1 is 1.14 bits per heavy atom. The fourth-order valence-corrected chi connectivity index (χ4v) is 4.03.